The van der Waals surface area contributed by atoms with Gasteiger partial charge in [0.25, 0.3) is 0 Å². The second-order valence-electron chi connectivity index (χ2n) is 7.83. The third kappa shape index (κ3) is 7.79. The van der Waals surface area contributed by atoms with Crippen LogP contribution < -0.4 is 0 Å². The Morgan fingerprint density at radius 2 is 1.62 bits per heavy atom. The van der Waals surface area contributed by atoms with E-state index in [-0.39, 0.29) is 0 Å². The van der Waals surface area contributed by atoms with Gasteiger partial charge in [-0.05, 0) is 63.0 Å². The molecule has 0 amide bonds. The molecular formula is C25H30ClNO5. The lowest BCUT2D eigenvalue weighted by molar-refractivity contribution is -0.134. The molecule has 32 heavy (non-hydrogen) atoms. The molecule has 0 aromatic heterocycles. The van der Waals surface area contributed by atoms with Crippen LogP contribution in [0.4, 0.5) is 0 Å². The molecule has 6 nitrogen and oxygen atoms in total. The number of carbonyl (C=O) groups is 2. The summed E-state index contributed by atoms with van der Waals surface area (Å²) in [4.78, 5) is 21.6. The van der Waals surface area contributed by atoms with Crippen molar-refractivity contribution in [3.8, 4) is 0 Å². The average molecular weight is 460 g/mol. The summed E-state index contributed by atoms with van der Waals surface area (Å²) in [7, 11) is 2.22. The van der Waals surface area contributed by atoms with Crippen molar-refractivity contribution >= 4 is 23.5 Å². The first-order valence-corrected chi connectivity index (χ1v) is 10.9. The van der Waals surface area contributed by atoms with Crippen molar-refractivity contribution in [1.29, 1.82) is 0 Å². The van der Waals surface area contributed by atoms with Gasteiger partial charge < -0.3 is 19.8 Å². The van der Waals surface area contributed by atoms with Crippen molar-refractivity contribution in [2.45, 2.75) is 37.8 Å². The van der Waals surface area contributed by atoms with Gasteiger partial charge in [-0.3, -0.25) is 0 Å². The zero-order valence-electron chi connectivity index (χ0n) is 18.4. The summed E-state index contributed by atoms with van der Waals surface area (Å²) in [6, 6.07) is 19.1. The summed E-state index contributed by atoms with van der Waals surface area (Å²) in [6.45, 7) is 4.12. The Balaban J connectivity index is 0.000000390. The molecule has 0 saturated carbocycles. The lowest BCUT2D eigenvalue weighted by Crippen LogP contribution is -2.31. The maximum absolute atomic E-state index is 9.55. The van der Waals surface area contributed by atoms with Crippen LogP contribution in [-0.4, -0.2) is 53.3 Å². The van der Waals surface area contributed by atoms with E-state index in [1.807, 2.05) is 18.2 Å². The molecule has 2 aromatic rings. The Morgan fingerprint density at radius 1 is 1.06 bits per heavy atom. The van der Waals surface area contributed by atoms with E-state index < -0.39 is 17.5 Å². The number of aliphatic carboxylic acids is 2. The van der Waals surface area contributed by atoms with Gasteiger partial charge in [0, 0.05) is 29.8 Å². The molecule has 0 radical (unpaired) electrons. The van der Waals surface area contributed by atoms with E-state index in [0.29, 0.717) is 18.2 Å². The second kappa shape index (κ2) is 12.4. The van der Waals surface area contributed by atoms with Crippen molar-refractivity contribution < 1.29 is 24.5 Å². The molecule has 2 atom stereocenters. The Bertz CT molecular complexity index is 884. The van der Waals surface area contributed by atoms with Gasteiger partial charge >= 0.3 is 11.9 Å². The number of rotatable bonds is 8. The van der Waals surface area contributed by atoms with E-state index in [4.69, 9.17) is 26.6 Å². The fourth-order valence-corrected chi connectivity index (χ4v) is 3.87. The highest BCUT2D eigenvalue weighted by molar-refractivity contribution is 6.30. The highest BCUT2D eigenvalue weighted by atomic mass is 35.5. The van der Waals surface area contributed by atoms with Crippen LogP contribution in [0.2, 0.25) is 5.02 Å². The van der Waals surface area contributed by atoms with Crippen LogP contribution in [0, 0.1) is 0 Å². The highest BCUT2D eigenvalue weighted by Gasteiger charge is 2.30. The molecule has 3 rings (SSSR count). The minimum Gasteiger partial charge on any atom is -0.478 e. The number of nitrogens with zero attached hydrogens (tertiary/aromatic N) is 1. The van der Waals surface area contributed by atoms with Crippen molar-refractivity contribution in [2.24, 2.45) is 0 Å². The molecule has 1 saturated heterocycles. The Hall–Kier alpha value is -2.67. The maximum Gasteiger partial charge on any atom is 0.328 e. The normalized spacial score (nSPS) is 18.0. The predicted molar refractivity (Wildman–Crippen MR) is 125 cm³/mol. The van der Waals surface area contributed by atoms with Gasteiger partial charge in [-0.1, -0.05) is 54.1 Å². The highest BCUT2D eigenvalue weighted by Crippen LogP contribution is 2.34. The molecule has 2 aromatic carbocycles. The van der Waals surface area contributed by atoms with Crippen LogP contribution in [0.1, 0.15) is 37.3 Å². The fraction of sp³-hybridized carbons (Fsp3) is 0.360. The molecule has 7 heteroatoms. The maximum atomic E-state index is 9.55. The topological polar surface area (TPSA) is 87.1 Å². The second-order valence-corrected chi connectivity index (χ2v) is 8.27. The van der Waals surface area contributed by atoms with Gasteiger partial charge in [-0.2, -0.15) is 0 Å². The first-order chi connectivity index (χ1) is 15.2. The molecule has 2 N–H and O–H groups in total. The zero-order chi connectivity index (χ0) is 23.6. The SMILES string of the molecule is CN1CCC[C@@H]1CCO[C@](C)(c1ccccc1)c1ccc(Cl)cc1.O=C(O)C=CC(=O)O. The molecular weight excluding hydrogens is 430 g/mol. The van der Waals surface area contributed by atoms with Crippen molar-refractivity contribution in [1.82, 2.24) is 4.90 Å². The molecule has 1 aliphatic rings. The van der Waals surface area contributed by atoms with E-state index in [9.17, 15) is 9.59 Å². The fourth-order valence-electron chi connectivity index (χ4n) is 3.74. The molecule has 0 bridgehead atoms. The number of hydrogen-bond acceptors (Lipinski definition) is 4. The smallest absolute Gasteiger partial charge is 0.328 e. The van der Waals surface area contributed by atoms with Crippen LogP contribution in [0.15, 0.2) is 66.7 Å². The van der Waals surface area contributed by atoms with Gasteiger partial charge in [0.05, 0.1) is 0 Å². The Labute approximate surface area is 194 Å². The summed E-state index contributed by atoms with van der Waals surface area (Å²) in [5.74, 6) is -2.51. The number of halogens is 1. The Kier molecular flexibility index (Phi) is 9.91. The van der Waals surface area contributed by atoms with E-state index in [1.54, 1.807) is 0 Å². The zero-order valence-corrected chi connectivity index (χ0v) is 19.2. The van der Waals surface area contributed by atoms with Crippen LogP contribution in [0.5, 0.6) is 0 Å². The Morgan fingerprint density at radius 3 is 2.12 bits per heavy atom. The minimum atomic E-state index is -1.26. The van der Waals surface area contributed by atoms with E-state index in [0.717, 1.165) is 23.6 Å². The number of hydrogen-bond donors (Lipinski definition) is 2. The number of benzene rings is 2. The monoisotopic (exact) mass is 459 g/mol. The van der Waals surface area contributed by atoms with E-state index in [2.05, 4.69) is 55.3 Å². The standard InChI is InChI=1S/C21H26ClNO.C4H4O4/c1-21(17-7-4-3-5-8-17,18-10-12-19(22)13-11-18)24-16-14-20-9-6-15-23(20)2;5-3(6)1-2-4(7)8/h3-5,7-8,10-13,20H,6,9,14-16H2,1-2H3;1-2H,(H,5,6)(H,7,8)/t20-,21-;/m1./s1. The number of ether oxygens (including phenoxy) is 1. The van der Waals surface area contributed by atoms with E-state index >= 15 is 0 Å². The van der Waals surface area contributed by atoms with Gasteiger partial charge in [0.15, 0.2) is 0 Å². The summed E-state index contributed by atoms with van der Waals surface area (Å²) in [5, 5.41) is 16.4. The lowest BCUT2D eigenvalue weighted by atomic mass is 9.88. The summed E-state index contributed by atoms with van der Waals surface area (Å²) >= 11 is 6.07. The molecule has 0 aliphatic carbocycles. The molecule has 1 aliphatic heterocycles. The molecule has 1 heterocycles. The number of carboxylic acids is 2. The molecule has 0 unspecified atom stereocenters. The van der Waals surface area contributed by atoms with Gasteiger partial charge in [-0.15, -0.1) is 0 Å². The molecule has 1 fully saturated rings. The van der Waals surface area contributed by atoms with Crippen LogP contribution in [0.25, 0.3) is 0 Å². The first-order valence-electron chi connectivity index (χ1n) is 10.5. The van der Waals surface area contributed by atoms with Crippen LogP contribution in [-0.2, 0) is 19.9 Å². The molecule has 172 valence electrons. The van der Waals surface area contributed by atoms with Crippen molar-refractivity contribution in [2.75, 3.05) is 20.2 Å². The minimum absolute atomic E-state index is 0.455. The largest absolute Gasteiger partial charge is 0.478 e. The molecule has 0 spiro atoms. The third-order valence-corrected chi connectivity index (χ3v) is 5.85. The third-order valence-electron chi connectivity index (χ3n) is 5.60. The average Bonchev–Trinajstić information content (AvgIpc) is 3.18. The number of carboxylic acid groups (broad SMARTS) is 2. The van der Waals surface area contributed by atoms with Gasteiger partial charge in [0.1, 0.15) is 5.60 Å². The lowest BCUT2D eigenvalue weighted by Gasteiger charge is -2.32. The van der Waals surface area contributed by atoms with E-state index in [1.165, 1.54) is 24.9 Å². The predicted octanol–water partition coefficient (Wildman–Crippen LogP) is 4.82. The van der Waals surface area contributed by atoms with Crippen molar-refractivity contribution in [3.05, 3.63) is 82.9 Å². The van der Waals surface area contributed by atoms with Gasteiger partial charge in [0.2, 0.25) is 0 Å². The summed E-state index contributed by atoms with van der Waals surface area (Å²) in [6.07, 6.45) is 4.77. The summed E-state index contributed by atoms with van der Waals surface area (Å²) < 4.78 is 6.48. The number of likely N-dealkylation sites (tertiary alicyclic amines) is 1. The quantitative estimate of drug-likeness (QED) is 0.550. The van der Waals surface area contributed by atoms with Crippen LogP contribution >= 0.6 is 11.6 Å². The van der Waals surface area contributed by atoms with Crippen molar-refractivity contribution in [3.63, 3.8) is 0 Å². The summed E-state index contributed by atoms with van der Waals surface area (Å²) in [5.41, 5.74) is 1.85. The van der Waals surface area contributed by atoms with Gasteiger partial charge in [-0.25, -0.2) is 9.59 Å². The first kappa shape index (κ1) is 25.6. The van der Waals surface area contributed by atoms with Crippen LogP contribution in [0.3, 0.4) is 0 Å².